The topological polar surface area (TPSA) is 72.5 Å². The van der Waals surface area contributed by atoms with E-state index in [2.05, 4.69) is 10.1 Å². The molecule has 0 unspecified atom stereocenters. The second kappa shape index (κ2) is 7.31. The van der Waals surface area contributed by atoms with E-state index >= 15 is 0 Å². The van der Waals surface area contributed by atoms with Crippen LogP contribution in [0.4, 0.5) is 13.2 Å². The Hall–Kier alpha value is -1.61. The molecule has 1 N–H and O–H groups in total. The molecule has 0 saturated carbocycles. The van der Waals surface area contributed by atoms with E-state index in [0.29, 0.717) is 5.56 Å². The van der Waals surface area contributed by atoms with E-state index < -0.39 is 40.7 Å². The summed E-state index contributed by atoms with van der Waals surface area (Å²) in [5.74, 6) is -0.686. The number of benzene rings is 1. The molecule has 0 bridgehead atoms. The molecule has 23 heavy (non-hydrogen) atoms. The van der Waals surface area contributed by atoms with Crippen molar-refractivity contribution >= 4 is 15.7 Å². The van der Waals surface area contributed by atoms with Crippen LogP contribution >= 0.6 is 0 Å². The first-order valence-electron chi connectivity index (χ1n) is 6.69. The molecule has 1 aromatic rings. The number of alkyl halides is 3. The van der Waals surface area contributed by atoms with Gasteiger partial charge in [-0.2, -0.15) is 13.2 Å². The van der Waals surface area contributed by atoms with Gasteiger partial charge in [-0.3, -0.25) is 4.79 Å². The molecule has 0 fully saturated rings. The summed E-state index contributed by atoms with van der Waals surface area (Å²) in [6.45, 7) is 1.35. The molecule has 0 radical (unpaired) electrons. The molecule has 0 spiro atoms. The predicted octanol–water partition coefficient (Wildman–Crippen LogP) is 2.23. The third kappa shape index (κ3) is 6.57. The highest BCUT2D eigenvalue weighted by atomic mass is 32.2. The first-order chi connectivity index (χ1) is 10.4. The number of halogens is 3. The van der Waals surface area contributed by atoms with Gasteiger partial charge in [-0.15, -0.1) is 0 Å². The summed E-state index contributed by atoms with van der Waals surface area (Å²) in [6, 6.07) is 5.35. The zero-order valence-electron chi connectivity index (χ0n) is 12.8. The third-order valence-corrected chi connectivity index (χ3v) is 4.16. The number of carbonyl (C=O) groups is 1. The molecule has 5 nitrogen and oxygen atoms in total. The van der Waals surface area contributed by atoms with E-state index in [1.165, 1.54) is 31.2 Å². The molecule has 130 valence electrons. The minimum absolute atomic E-state index is 0.140. The molecular formula is C14H18F3NO4S. The smallest absolute Gasteiger partial charge is 0.359 e. The van der Waals surface area contributed by atoms with Crippen LogP contribution < -0.4 is 5.32 Å². The maximum atomic E-state index is 12.0. The molecule has 0 heterocycles. The van der Waals surface area contributed by atoms with Gasteiger partial charge in [0.2, 0.25) is 5.91 Å². The second-order valence-corrected chi connectivity index (χ2v) is 7.16. The van der Waals surface area contributed by atoms with E-state index in [9.17, 15) is 26.4 Å². The third-order valence-electron chi connectivity index (χ3n) is 3.03. The molecule has 0 aliphatic carbocycles. The molecular weight excluding hydrogens is 335 g/mol. The van der Waals surface area contributed by atoms with Gasteiger partial charge in [0, 0.05) is 6.26 Å². The summed E-state index contributed by atoms with van der Waals surface area (Å²) in [5, 5.41) is 2.51. The average Bonchev–Trinajstić information content (AvgIpc) is 2.43. The summed E-state index contributed by atoms with van der Waals surface area (Å²) in [7, 11) is -3.32. The van der Waals surface area contributed by atoms with Gasteiger partial charge in [-0.25, -0.2) is 8.42 Å². The van der Waals surface area contributed by atoms with Crippen molar-refractivity contribution in [2.45, 2.75) is 37.1 Å². The number of ether oxygens (including phenoxy) is 1. The Kier molecular flexibility index (Phi) is 6.18. The van der Waals surface area contributed by atoms with Gasteiger partial charge >= 0.3 is 6.18 Å². The highest BCUT2D eigenvalue weighted by molar-refractivity contribution is 7.90. The molecule has 0 aliphatic rings. The lowest BCUT2D eigenvalue weighted by atomic mass is 10.1. The number of nitrogens with one attached hydrogen (secondary N) is 1. The van der Waals surface area contributed by atoms with Crippen LogP contribution in [0.15, 0.2) is 29.2 Å². The van der Waals surface area contributed by atoms with Gasteiger partial charge in [0.1, 0.15) is 12.7 Å². The van der Waals surface area contributed by atoms with Crippen molar-refractivity contribution in [3.63, 3.8) is 0 Å². The minimum Gasteiger partial charge on any atom is -0.359 e. The highest BCUT2D eigenvalue weighted by Gasteiger charge is 2.30. The Morgan fingerprint density at radius 2 is 1.74 bits per heavy atom. The van der Waals surface area contributed by atoms with Gasteiger partial charge in [-0.05, 0) is 31.5 Å². The van der Waals surface area contributed by atoms with Crippen LogP contribution in [-0.2, 0) is 19.4 Å². The number of sulfone groups is 1. The lowest BCUT2D eigenvalue weighted by Crippen LogP contribution is -2.37. The Morgan fingerprint density at radius 1 is 1.22 bits per heavy atom. The molecule has 0 aromatic heterocycles. The summed E-state index contributed by atoms with van der Waals surface area (Å²) >= 11 is 0. The number of hydrogen-bond donors (Lipinski definition) is 1. The zero-order chi connectivity index (χ0) is 17.8. The average molecular weight is 353 g/mol. The van der Waals surface area contributed by atoms with Crippen molar-refractivity contribution in [1.82, 2.24) is 5.32 Å². The highest BCUT2D eigenvalue weighted by Crippen LogP contribution is 2.18. The summed E-state index contributed by atoms with van der Waals surface area (Å²) < 4.78 is 63.3. The first-order valence-corrected chi connectivity index (χ1v) is 8.58. The van der Waals surface area contributed by atoms with E-state index in [1.54, 1.807) is 6.92 Å². The van der Waals surface area contributed by atoms with Crippen LogP contribution in [0, 0.1) is 0 Å². The van der Waals surface area contributed by atoms with Crippen molar-refractivity contribution in [2.24, 2.45) is 0 Å². The monoisotopic (exact) mass is 353 g/mol. The molecule has 9 heteroatoms. The van der Waals surface area contributed by atoms with Crippen molar-refractivity contribution in [3.05, 3.63) is 29.8 Å². The van der Waals surface area contributed by atoms with Gasteiger partial charge in [-0.1, -0.05) is 12.1 Å². The first kappa shape index (κ1) is 19.4. The van der Waals surface area contributed by atoms with Gasteiger partial charge < -0.3 is 10.1 Å². The van der Waals surface area contributed by atoms with Gasteiger partial charge in [0.05, 0.1) is 10.9 Å². The largest absolute Gasteiger partial charge is 0.411 e. The van der Waals surface area contributed by atoms with Crippen LogP contribution in [0.1, 0.15) is 25.5 Å². The van der Waals surface area contributed by atoms with E-state index in [0.717, 1.165) is 6.26 Å². The van der Waals surface area contributed by atoms with Gasteiger partial charge in [0.15, 0.2) is 9.84 Å². The normalized spacial score (nSPS) is 15.0. The quantitative estimate of drug-likeness (QED) is 0.851. The molecule has 1 rings (SSSR count). The molecule has 1 aromatic carbocycles. The Bertz CT molecular complexity index is 641. The van der Waals surface area contributed by atoms with Gasteiger partial charge in [0.25, 0.3) is 0 Å². The number of carbonyl (C=O) groups excluding carboxylic acids is 1. The van der Waals surface area contributed by atoms with Crippen LogP contribution in [0.2, 0.25) is 0 Å². The summed E-state index contributed by atoms with van der Waals surface area (Å²) in [4.78, 5) is 11.9. The predicted molar refractivity (Wildman–Crippen MR) is 77.6 cm³/mol. The molecule has 1 amide bonds. The van der Waals surface area contributed by atoms with Crippen molar-refractivity contribution in [2.75, 3.05) is 12.9 Å². The fourth-order valence-electron chi connectivity index (χ4n) is 1.71. The van der Waals surface area contributed by atoms with Crippen molar-refractivity contribution < 1.29 is 31.1 Å². The van der Waals surface area contributed by atoms with Crippen molar-refractivity contribution in [3.8, 4) is 0 Å². The van der Waals surface area contributed by atoms with Crippen LogP contribution in [0.5, 0.6) is 0 Å². The second-order valence-electron chi connectivity index (χ2n) is 5.14. The van der Waals surface area contributed by atoms with Crippen LogP contribution in [-0.4, -0.2) is 39.5 Å². The van der Waals surface area contributed by atoms with E-state index in [4.69, 9.17) is 0 Å². The number of hydrogen-bond acceptors (Lipinski definition) is 4. The summed E-state index contributed by atoms with van der Waals surface area (Å²) in [6.07, 6.45) is -4.68. The van der Waals surface area contributed by atoms with Crippen LogP contribution in [0.25, 0.3) is 0 Å². The SMILES string of the molecule is C[C@H](OCC(F)(F)F)C(=O)N[C@H](C)c1ccc(S(C)(=O)=O)cc1. The fraction of sp³-hybridized carbons (Fsp3) is 0.500. The maximum Gasteiger partial charge on any atom is 0.411 e. The maximum absolute atomic E-state index is 12.0. The minimum atomic E-state index is -4.50. The molecule has 2 atom stereocenters. The lowest BCUT2D eigenvalue weighted by Gasteiger charge is -2.19. The fourth-order valence-corrected chi connectivity index (χ4v) is 2.34. The van der Waals surface area contributed by atoms with Crippen LogP contribution in [0.3, 0.4) is 0 Å². The molecule has 0 aliphatic heterocycles. The summed E-state index contributed by atoms with van der Waals surface area (Å²) in [5.41, 5.74) is 0.619. The van der Waals surface area contributed by atoms with Crippen molar-refractivity contribution in [1.29, 1.82) is 0 Å². The number of rotatable bonds is 6. The Labute approximate surface area is 132 Å². The zero-order valence-corrected chi connectivity index (χ0v) is 13.7. The van der Waals surface area contributed by atoms with E-state index in [1.807, 2.05) is 0 Å². The molecule has 0 saturated heterocycles. The Morgan fingerprint density at radius 3 is 2.17 bits per heavy atom. The Balaban J connectivity index is 2.65. The standard InChI is InChI=1S/C14H18F3NO4S/c1-9(11-4-6-12(7-5-11)23(3,20)21)18-13(19)10(2)22-8-14(15,16)17/h4-7,9-10H,8H2,1-3H3,(H,18,19)/t9-,10+/m1/s1. The van der Waals surface area contributed by atoms with E-state index in [-0.39, 0.29) is 4.90 Å². The lowest BCUT2D eigenvalue weighted by molar-refractivity contribution is -0.185. The number of amides is 1.